The molecule has 8 heterocycles. The Kier molecular flexibility index (Phi) is 10.5. The second-order valence-electron chi connectivity index (χ2n) is 25.1. The van der Waals surface area contributed by atoms with Gasteiger partial charge in [-0.1, -0.05) is 133 Å². The highest BCUT2D eigenvalue weighted by molar-refractivity contribution is 6.13. The summed E-state index contributed by atoms with van der Waals surface area (Å²) in [7, 11) is 0. The SMILES string of the molecule is N#Cc1ccc2c(c1)Oc1ccccc1N2c1ccc2c(c1)c1ccccc1n2-c1ccc2c(c1)Oc1cc(-n3c4ccccc4c4ccccc43)ccc1C21c2cc(-n3c4ccccc4c4ccccc43)cnc2-c2ncc(-n3c4ccccc4c4cc(C#N)ccc43)cc21. The Balaban J connectivity index is 0.841. The van der Waals surface area contributed by atoms with E-state index in [9.17, 15) is 10.5 Å². The molecule has 0 N–H and O–H groups in total. The Labute approximate surface area is 547 Å². The zero-order chi connectivity index (χ0) is 63.1. The van der Waals surface area contributed by atoms with Crippen LogP contribution >= 0.6 is 0 Å². The lowest BCUT2D eigenvalue weighted by atomic mass is 9.66. The number of pyridine rings is 2. The number of hydrogen-bond acceptors (Lipinski definition) is 7. The van der Waals surface area contributed by atoms with Gasteiger partial charge in [0.2, 0.25) is 0 Å². The Morgan fingerprint density at radius 1 is 0.281 bits per heavy atom. The van der Waals surface area contributed by atoms with E-state index in [2.05, 4.69) is 260 Å². The fourth-order valence-electron chi connectivity index (χ4n) is 16.4. The second-order valence-corrected chi connectivity index (χ2v) is 25.1. The van der Waals surface area contributed by atoms with Crippen LogP contribution in [0.1, 0.15) is 33.4 Å². The van der Waals surface area contributed by atoms with Crippen LogP contribution in [0.4, 0.5) is 17.1 Å². The normalized spacial score (nSPS) is 14.2. The van der Waals surface area contributed by atoms with Crippen molar-refractivity contribution in [1.82, 2.24) is 28.2 Å². The van der Waals surface area contributed by atoms with E-state index in [1.807, 2.05) is 60.9 Å². The number of nitriles is 2. The first-order chi connectivity index (χ1) is 47.5. The summed E-state index contributed by atoms with van der Waals surface area (Å²) in [6, 6.07) is 101. The maximum atomic E-state index is 10.2. The summed E-state index contributed by atoms with van der Waals surface area (Å²) < 4.78 is 23.5. The van der Waals surface area contributed by atoms with E-state index in [0.29, 0.717) is 34.1 Å². The molecule has 1 atom stereocenters. The van der Waals surface area contributed by atoms with Gasteiger partial charge in [-0.05, 0) is 121 Å². The van der Waals surface area contributed by atoms with Crippen molar-refractivity contribution < 1.29 is 9.47 Å². The molecule has 0 saturated carbocycles. The van der Waals surface area contributed by atoms with Gasteiger partial charge in [0.1, 0.15) is 11.5 Å². The topological polar surface area (TPSA) is 115 Å². The third-order valence-electron chi connectivity index (χ3n) is 20.3. The standard InChI is InChI=1S/C85H47N9O2/c86-46-50-29-36-75-63(39-50)61-19-5-12-26-74(61)94(75)56-43-68-84(89-49-56)83-67(42-55(48-88-83)93-71-23-9-3-17-59(71)60-18-4-10-24-72(60)93)85(68)65-34-31-53(90-69-21-7-1-15-57(69)58-16-2-8-22-70(58)90)44-80(65)96-81-45-54(32-35-66(81)85)91-73-25-11-6-20-62(73)64-41-52(33-38-76(64)91)92-77-27-13-14-28-79(77)95-82-40-51(47-87)30-37-78(82)92/h1-45,48-49H. The molecule has 1 aliphatic carbocycles. The van der Waals surface area contributed by atoms with Crippen LogP contribution in [0.3, 0.4) is 0 Å². The summed E-state index contributed by atoms with van der Waals surface area (Å²) in [6.45, 7) is 0. The summed E-state index contributed by atoms with van der Waals surface area (Å²) in [5.41, 5.74) is 20.1. The molecule has 0 amide bonds. The average molecular weight is 1230 g/mol. The number of nitrogens with zero attached hydrogens (tertiary/aromatic N) is 9. The van der Waals surface area contributed by atoms with Crippen molar-refractivity contribution in [2.75, 3.05) is 4.90 Å². The molecule has 0 saturated heterocycles. The van der Waals surface area contributed by atoms with E-state index in [1.165, 1.54) is 10.8 Å². The fraction of sp³-hybridized carbons (Fsp3) is 0.0118. The van der Waals surface area contributed by atoms with E-state index >= 15 is 0 Å². The molecule has 6 aromatic heterocycles. The molecule has 2 aliphatic heterocycles. The summed E-state index contributed by atoms with van der Waals surface area (Å²) >= 11 is 0. The molecule has 21 rings (SSSR count). The van der Waals surface area contributed by atoms with Gasteiger partial charge in [0, 0.05) is 101 Å². The monoisotopic (exact) mass is 1230 g/mol. The number of rotatable bonds is 5. The van der Waals surface area contributed by atoms with E-state index in [4.69, 9.17) is 19.4 Å². The highest BCUT2D eigenvalue weighted by atomic mass is 16.5. The van der Waals surface area contributed by atoms with Crippen LogP contribution in [0.2, 0.25) is 0 Å². The number of fused-ring (bicyclic) bond motifs is 23. The van der Waals surface area contributed by atoms with Crippen LogP contribution in [-0.2, 0) is 5.41 Å². The second kappa shape index (κ2) is 19.3. The average Bonchev–Trinajstić information content (AvgIpc) is 1.47. The summed E-state index contributed by atoms with van der Waals surface area (Å²) in [6.07, 6.45) is 4.00. The van der Waals surface area contributed by atoms with E-state index in [0.717, 1.165) is 150 Å². The smallest absolute Gasteiger partial charge is 0.152 e. The predicted molar refractivity (Wildman–Crippen MR) is 381 cm³/mol. The van der Waals surface area contributed by atoms with Gasteiger partial charge in [-0.3, -0.25) is 9.97 Å². The third-order valence-corrected chi connectivity index (χ3v) is 20.3. The van der Waals surface area contributed by atoms with Gasteiger partial charge < -0.3 is 32.6 Å². The predicted octanol–water partition coefficient (Wildman–Crippen LogP) is 20.7. The quantitative estimate of drug-likeness (QED) is 0.169. The van der Waals surface area contributed by atoms with Gasteiger partial charge in [-0.2, -0.15) is 10.5 Å². The van der Waals surface area contributed by atoms with Crippen molar-refractivity contribution >= 4 is 104 Å². The Hall–Kier alpha value is -13.5. The van der Waals surface area contributed by atoms with Crippen molar-refractivity contribution in [3.05, 3.63) is 319 Å². The highest BCUT2D eigenvalue weighted by Gasteiger charge is 2.53. The van der Waals surface area contributed by atoms with Gasteiger partial charge >= 0.3 is 0 Å². The molecular formula is C85H47N9O2. The largest absolute Gasteiger partial charge is 0.457 e. The van der Waals surface area contributed by atoms with Crippen molar-refractivity contribution in [2.45, 2.75) is 5.41 Å². The van der Waals surface area contributed by atoms with Crippen molar-refractivity contribution in [3.8, 4) is 69.3 Å². The Bertz CT molecular complexity index is 6500. The molecule has 11 nitrogen and oxygen atoms in total. The van der Waals surface area contributed by atoms with Crippen LogP contribution in [0, 0.1) is 22.7 Å². The minimum atomic E-state index is -1.09. The molecule has 1 spiro atoms. The molecule has 0 bridgehead atoms. The molecule has 0 radical (unpaired) electrons. The summed E-state index contributed by atoms with van der Waals surface area (Å²) in [4.78, 5) is 13.4. The number of ether oxygens (including phenoxy) is 2. The summed E-state index contributed by atoms with van der Waals surface area (Å²) in [5.74, 6) is 2.71. The third kappa shape index (κ3) is 6.96. The van der Waals surface area contributed by atoms with Crippen LogP contribution in [0.15, 0.2) is 285 Å². The lowest BCUT2D eigenvalue weighted by molar-refractivity contribution is 0.436. The Morgan fingerprint density at radius 2 is 0.656 bits per heavy atom. The first kappa shape index (κ1) is 52.2. The number of hydrogen-bond donors (Lipinski definition) is 0. The maximum absolute atomic E-state index is 10.2. The molecule has 96 heavy (non-hydrogen) atoms. The molecule has 1 unspecified atom stereocenters. The number of aromatic nitrogens is 6. The van der Waals surface area contributed by atoms with E-state index < -0.39 is 5.41 Å². The van der Waals surface area contributed by atoms with Crippen LogP contribution in [-0.4, -0.2) is 28.2 Å². The molecule has 444 valence electrons. The van der Waals surface area contributed by atoms with Gasteiger partial charge in [0.05, 0.1) is 119 Å². The summed E-state index contributed by atoms with van der Waals surface area (Å²) in [5, 5.41) is 29.0. The lowest BCUT2D eigenvalue weighted by Crippen LogP contribution is -2.32. The van der Waals surface area contributed by atoms with E-state index in [-0.39, 0.29) is 0 Å². The molecule has 0 fully saturated rings. The lowest BCUT2D eigenvalue weighted by Gasteiger charge is -2.39. The number of anilines is 3. The van der Waals surface area contributed by atoms with Gasteiger partial charge in [0.25, 0.3) is 0 Å². The zero-order valence-corrected chi connectivity index (χ0v) is 51.0. The molecule has 18 aromatic rings. The van der Waals surface area contributed by atoms with Gasteiger partial charge in [0.15, 0.2) is 11.5 Å². The molecule has 3 aliphatic rings. The Morgan fingerprint density at radius 3 is 1.16 bits per heavy atom. The van der Waals surface area contributed by atoms with Crippen LogP contribution in [0.5, 0.6) is 23.0 Å². The van der Waals surface area contributed by atoms with Gasteiger partial charge in [-0.25, -0.2) is 0 Å². The van der Waals surface area contributed by atoms with Crippen LogP contribution < -0.4 is 14.4 Å². The van der Waals surface area contributed by atoms with Crippen molar-refractivity contribution in [3.63, 3.8) is 0 Å². The zero-order valence-electron chi connectivity index (χ0n) is 51.0. The van der Waals surface area contributed by atoms with Crippen molar-refractivity contribution in [1.29, 1.82) is 10.5 Å². The number of benzene rings is 12. The van der Waals surface area contributed by atoms with Crippen LogP contribution in [0.25, 0.3) is 121 Å². The molecule has 11 heteroatoms. The maximum Gasteiger partial charge on any atom is 0.152 e. The molecular weight excluding hydrogens is 1180 g/mol. The first-order valence-corrected chi connectivity index (χ1v) is 32.0. The molecule has 12 aromatic carbocycles. The number of para-hydroxylation sites is 8. The van der Waals surface area contributed by atoms with E-state index in [1.54, 1.807) is 0 Å². The highest BCUT2D eigenvalue weighted by Crippen LogP contribution is 2.63. The fourth-order valence-corrected chi connectivity index (χ4v) is 16.4. The minimum Gasteiger partial charge on any atom is -0.457 e. The first-order valence-electron chi connectivity index (χ1n) is 32.0. The minimum absolute atomic E-state index is 0.526. The van der Waals surface area contributed by atoms with Gasteiger partial charge in [-0.15, -0.1) is 0 Å². The van der Waals surface area contributed by atoms with Crippen molar-refractivity contribution in [2.24, 2.45) is 0 Å².